The Morgan fingerprint density at radius 3 is 2.55 bits per heavy atom. The standard InChI is InChI=1S/C14H16F2N2OS/c1-3-17-6-10-4-12(15)14(13(16)5-10)19-8-11-7-18-9(2)20-11/h4-5,7,17H,3,6,8H2,1-2H3. The number of halogens is 2. The lowest BCUT2D eigenvalue weighted by molar-refractivity contribution is 0.276. The number of aromatic nitrogens is 1. The predicted molar refractivity (Wildman–Crippen MR) is 74.9 cm³/mol. The number of hydrogen-bond acceptors (Lipinski definition) is 4. The van der Waals surface area contributed by atoms with Crippen molar-refractivity contribution in [3.8, 4) is 5.75 Å². The molecule has 1 aromatic heterocycles. The highest BCUT2D eigenvalue weighted by Gasteiger charge is 2.13. The van der Waals surface area contributed by atoms with Crippen molar-refractivity contribution in [1.29, 1.82) is 0 Å². The maximum absolute atomic E-state index is 13.8. The van der Waals surface area contributed by atoms with Crippen LogP contribution in [0, 0.1) is 18.6 Å². The average molecular weight is 298 g/mol. The van der Waals surface area contributed by atoms with Crippen LogP contribution in [0.25, 0.3) is 0 Å². The van der Waals surface area contributed by atoms with Gasteiger partial charge in [0.25, 0.3) is 0 Å². The first kappa shape index (κ1) is 14.9. The van der Waals surface area contributed by atoms with Crippen LogP contribution in [0.1, 0.15) is 22.4 Å². The van der Waals surface area contributed by atoms with Gasteiger partial charge in [0, 0.05) is 12.7 Å². The van der Waals surface area contributed by atoms with Gasteiger partial charge in [0.15, 0.2) is 17.4 Å². The molecule has 3 nitrogen and oxygen atoms in total. The van der Waals surface area contributed by atoms with Crippen molar-refractivity contribution in [2.45, 2.75) is 27.0 Å². The maximum atomic E-state index is 13.8. The molecule has 20 heavy (non-hydrogen) atoms. The van der Waals surface area contributed by atoms with E-state index in [-0.39, 0.29) is 12.4 Å². The number of thiazole rings is 1. The SMILES string of the molecule is CCNCc1cc(F)c(OCc2cnc(C)s2)c(F)c1. The molecule has 0 aliphatic carbocycles. The first-order valence-corrected chi connectivity index (χ1v) is 7.14. The summed E-state index contributed by atoms with van der Waals surface area (Å²) < 4.78 is 32.9. The molecule has 1 aromatic carbocycles. The van der Waals surface area contributed by atoms with E-state index in [1.807, 2.05) is 13.8 Å². The van der Waals surface area contributed by atoms with Crippen molar-refractivity contribution >= 4 is 11.3 Å². The second kappa shape index (κ2) is 6.76. The summed E-state index contributed by atoms with van der Waals surface area (Å²) >= 11 is 1.44. The van der Waals surface area contributed by atoms with Crippen LogP contribution in [0.3, 0.4) is 0 Å². The van der Waals surface area contributed by atoms with Crippen LogP contribution in [0.2, 0.25) is 0 Å². The monoisotopic (exact) mass is 298 g/mol. The number of benzene rings is 1. The topological polar surface area (TPSA) is 34.1 Å². The molecule has 2 rings (SSSR count). The van der Waals surface area contributed by atoms with Crippen molar-refractivity contribution in [2.75, 3.05) is 6.54 Å². The minimum absolute atomic E-state index is 0.117. The van der Waals surface area contributed by atoms with Gasteiger partial charge in [-0.25, -0.2) is 13.8 Å². The molecular weight excluding hydrogens is 282 g/mol. The second-order valence-electron chi connectivity index (χ2n) is 4.30. The third-order valence-electron chi connectivity index (χ3n) is 2.67. The van der Waals surface area contributed by atoms with Gasteiger partial charge in [-0.05, 0) is 31.2 Å². The highest BCUT2D eigenvalue weighted by atomic mass is 32.1. The number of ether oxygens (including phenoxy) is 1. The molecule has 2 aromatic rings. The summed E-state index contributed by atoms with van der Waals surface area (Å²) in [7, 11) is 0. The van der Waals surface area contributed by atoms with Gasteiger partial charge in [-0.1, -0.05) is 6.92 Å². The lowest BCUT2D eigenvalue weighted by Gasteiger charge is -2.09. The van der Waals surface area contributed by atoms with Crippen LogP contribution in [0.5, 0.6) is 5.75 Å². The van der Waals surface area contributed by atoms with E-state index < -0.39 is 11.6 Å². The summed E-state index contributed by atoms with van der Waals surface area (Å²) in [6.07, 6.45) is 1.65. The third-order valence-corrected chi connectivity index (χ3v) is 3.55. The molecule has 1 heterocycles. The lowest BCUT2D eigenvalue weighted by Crippen LogP contribution is -2.12. The molecular formula is C14H16F2N2OS. The molecule has 0 fully saturated rings. The van der Waals surface area contributed by atoms with Crippen LogP contribution in [-0.2, 0) is 13.2 Å². The maximum Gasteiger partial charge on any atom is 0.191 e. The van der Waals surface area contributed by atoms with E-state index in [0.717, 1.165) is 16.4 Å². The van der Waals surface area contributed by atoms with Crippen molar-refractivity contribution in [2.24, 2.45) is 0 Å². The number of nitrogens with zero attached hydrogens (tertiary/aromatic N) is 1. The largest absolute Gasteiger partial charge is 0.482 e. The summed E-state index contributed by atoms with van der Waals surface area (Å²) in [6, 6.07) is 2.58. The van der Waals surface area contributed by atoms with E-state index in [4.69, 9.17) is 4.74 Å². The van der Waals surface area contributed by atoms with Crippen molar-refractivity contribution in [1.82, 2.24) is 10.3 Å². The average Bonchev–Trinajstić information content (AvgIpc) is 2.81. The molecule has 0 aliphatic heterocycles. The smallest absolute Gasteiger partial charge is 0.191 e. The molecule has 1 N–H and O–H groups in total. The number of rotatable bonds is 6. The number of hydrogen-bond donors (Lipinski definition) is 1. The summed E-state index contributed by atoms with van der Waals surface area (Å²) in [5.41, 5.74) is 0.558. The van der Waals surface area contributed by atoms with Gasteiger partial charge in [0.05, 0.1) is 9.88 Å². The van der Waals surface area contributed by atoms with Gasteiger partial charge >= 0.3 is 0 Å². The van der Waals surface area contributed by atoms with Crippen molar-refractivity contribution in [3.05, 3.63) is 45.4 Å². The van der Waals surface area contributed by atoms with E-state index >= 15 is 0 Å². The fourth-order valence-corrected chi connectivity index (χ4v) is 2.45. The molecule has 108 valence electrons. The normalized spacial score (nSPS) is 10.8. The van der Waals surface area contributed by atoms with E-state index in [1.165, 1.54) is 23.5 Å². The minimum Gasteiger partial charge on any atom is -0.482 e. The fraction of sp³-hybridized carbons (Fsp3) is 0.357. The highest BCUT2D eigenvalue weighted by Crippen LogP contribution is 2.25. The number of aryl methyl sites for hydroxylation is 1. The molecule has 0 aliphatic rings. The molecule has 0 amide bonds. The first-order chi connectivity index (χ1) is 9.60. The van der Waals surface area contributed by atoms with Gasteiger partial charge in [-0.2, -0.15) is 0 Å². The molecule has 6 heteroatoms. The quantitative estimate of drug-likeness (QED) is 0.887. The highest BCUT2D eigenvalue weighted by molar-refractivity contribution is 7.11. The Morgan fingerprint density at radius 2 is 2.00 bits per heavy atom. The van der Waals surface area contributed by atoms with Crippen molar-refractivity contribution in [3.63, 3.8) is 0 Å². The van der Waals surface area contributed by atoms with Crippen LogP contribution >= 0.6 is 11.3 Å². The Hall–Kier alpha value is -1.53. The summed E-state index contributed by atoms with van der Waals surface area (Å²) in [5, 5.41) is 3.91. The Balaban J connectivity index is 2.07. The first-order valence-electron chi connectivity index (χ1n) is 6.33. The zero-order valence-electron chi connectivity index (χ0n) is 11.4. The Morgan fingerprint density at radius 1 is 1.30 bits per heavy atom. The Bertz CT molecular complexity index is 563. The van der Waals surface area contributed by atoms with Crippen LogP contribution in [-0.4, -0.2) is 11.5 Å². The molecule has 0 saturated heterocycles. The molecule has 0 bridgehead atoms. The summed E-state index contributed by atoms with van der Waals surface area (Å²) in [4.78, 5) is 4.90. The van der Waals surface area contributed by atoms with E-state index in [1.54, 1.807) is 6.20 Å². The molecule has 0 atom stereocenters. The van der Waals surface area contributed by atoms with Gasteiger partial charge in [-0.15, -0.1) is 11.3 Å². The van der Waals surface area contributed by atoms with Gasteiger partial charge in [-0.3, -0.25) is 0 Å². The molecule has 0 unspecified atom stereocenters. The zero-order valence-corrected chi connectivity index (χ0v) is 12.2. The van der Waals surface area contributed by atoms with E-state index in [2.05, 4.69) is 10.3 Å². The predicted octanol–water partition coefficient (Wildman–Crippen LogP) is 3.42. The molecule has 0 saturated carbocycles. The lowest BCUT2D eigenvalue weighted by atomic mass is 10.2. The zero-order chi connectivity index (χ0) is 14.5. The van der Waals surface area contributed by atoms with Gasteiger partial charge in [0.1, 0.15) is 6.61 Å². The fourth-order valence-electron chi connectivity index (χ4n) is 1.74. The summed E-state index contributed by atoms with van der Waals surface area (Å²) in [6.45, 7) is 5.09. The van der Waals surface area contributed by atoms with E-state index in [9.17, 15) is 8.78 Å². The van der Waals surface area contributed by atoms with Crippen LogP contribution < -0.4 is 10.1 Å². The third kappa shape index (κ3) is 3.74. The van der Waals surface area contributed by atoms with Gasteiger partial charge < -0.3 is 10.1 Å². The summed E-state index contributed by atoms with van der Waals surface area (Å²) in [5.74, 6) is -1.70. The van der Waals surface area contributed by atoms with Crippen LogP contribution in [0.4, 0.5) is 8.78 Å². The van der Waals surface area contributed by atoms with Crippen LogP contribution in [0.15, 0.2) is 18.3 Å². The number of nitrogens with one attached hydrogen (secondary N) is 1. The second-order valence-corrected chi connectivity index (χ2v) is 5.62. The molecule has 0 spiro atoms. The minimum atomic E-state index is -0.681. The van der Waals surface area contributed by atoms with Gasteiger partial charge in [0.2, 0.25) is 0 Å². The van der Waals surface area contributed by atoms with Crippen molar-refractivity contribution < 1.29 is 13.5 Å². The molecule has 0 radical (unpaired) electrons. The Labute approximate surface area is 120 Å². The Kier molecular flexibility index (Phi) is 5.03. The van der Waals surface area contributed by atoms with E-state index in [0.29, 0.717) is 12.1 Å².